The number of aromatic nitrogens is 4. The largest absolute Gasteiger partial charge is 0.296 e. The molecule has 0 fully saturated rings. The van der Waals surface area contributed by atoms with Gasteiger partial charge in [-0.05, 0) is 28.1 Å². The molecular formula is C11H7BrN4. The Kier molecular flexibility index (Phi) is 2.18. The number of nitrogens with zero attached hydrogens (tertiary/aromatic N) is 4. The molecule has 78 valence electrons. The predicted molar refractivity (Wildman–Crippen MR) is 63.9 cm³/mol. The maximum absolute atomic E-state index is 4.29. The number of hydrogen-bond acceptors (Lipinski definition) is 3. The first-order valence-electron chi connectivity index (χ1n) is 4.73. The highest BCUT2D eigenvalue weighted by Crippen LogP contribution is 2.20. The molecule has 3 aromatic rings. The summed E-state index contributed by atoms with van der Waals surface area (Å²) < 4.78 is 2.76. The fourth-order valence-corrected chi connectivity index (χ4v) is 1.90. The second-order valence-corrected chi connectivity index (χ2v) is 4.14. The van der Waals surface area contributed by atoms with E-state index in [1.807, 2.05) is 35.1 Å². The number of fused-ring (bicyclic) bond motifs is 1. The molecule has 0 bridgehead atoms. The predicted octanol–water partition coefficient (Wildman–Crippen LogP) is 2.55. The van der Waals surface area contributed by atoms with Gasteiger partial charge in [-0.15, -0.1) is 0 Å². The van der Waals surface area contributed by atoms with Gasteiger partial charge in [0.2, 0.25) is 0 Å². The summed E-state index contributed by atoms with van der Waals surface area (Å²) in [6.45, 7) is 0. The third-order valence-electron chi connectivity index (χ3n) is 2.32. The van der Waals surface area contributed by atoms with E-state index in [-0.39, 0.29) is 0 Å². The molecule has 0 spiro atoms. The Morgan fingerprint density at radius 1 is 1.12 bits per heavy atom. The highest BCUT2D eigenvalue weighted by molar-refractivity contribution is 9.10. The summed E-state index contributed by atoms with van der Waals surface area (Å²) in [5.74, 6) is 0. The van der Waals surface area contributed by atoms with Crippen LogP contribution in [0.15, 0.2) is 47.7 Å². The normalized spacial score (nSPS) is 10.8. The van der Waals surface area contributed by atoms with Gasteiger partial charge >= 0.3 is 0 Å². The van der Waals surface area contributed by atoms with Crippen LogP contribution in [-0.4, -0.2) is 19.4 Å². The Labute approximate surface area is 100 Å². The van der Waals surface area contributed by atoms with E-state index in [0.717, 1.165) is 21.5 Å². The third kappa shape index (κ3) is 1.49. The molecule has 16 heavy (non-hydrogen) atoms. The lowest BCUT2D eigenvalue weighted by Gasteiger charge is -2.00. The van der Waals surface area contributed by atoms with Crippen molar-refractivity contribution in [3.8, 4) is 11.3 Å². The van der Waals surface area contributed by atoms with Crippen molar-refractivity contribution in [2.45, 2.75) is 0 Å². The van der Waals surface area contributed by atoms with Crippen LogP contribution in [0.2, 0.25) is 0 Å². The van der Waals surface area contributed by atoms with E-state index in [1.165, 1.54) is 0 Å². The summed E-state index contributed by atoms with van der Waals surface area (Å²) >= 11 is 3.35. The summed E-state index contributed by atoms with van der Waals surface area (Å²) in [6.07, 6.45) is 9.01. The third-order valence-corrected chi connectivity index (χ3v) is 2.73. The topological polar surface area (TPSA) is 43.1 Å². The second-order valence-electron chi connectivity index (χ2n) is 3.32. The van der Waals surface area contributed by atoms with Crippen LogP contribution < -0.4 is 0 Å². The van der Waals surface area contributed by atoms with E-state index in [2.05, 4.69) is 30.9 Å². The van der Waals surface area contributed by atoms with Gasteiger partial charge in [0.15, 0.2) is 5.65 Å². The van der Waals surface area contributed by atoms with Crippen molar-refractivity contribution in [3.05, 3.63) is 47.7 Å². The maximum atomic E-state index is 4.29. The first-order valence-corrected chi connectivity index (χ1v) is 5.53. The second kappa shape index (κ2) is 3.68. The zero-order valence-corrected chi connectivity index (χ0v) is 9.79. The number of halogens is 1. The van der Waals surface area contributed by atoms with Crippen molar-refractivity contribution >= 4 is 21.6 Å². The minimum Gasteiger partial charge on any atom is -0.296 e. The Balaban J connectivity index is 2.29. The summed E-state index contributed by atoms with van der Waals surface area (Å²) in [4.78, 5) is 12.5. The van der Waals surface area contributed by atoms with E-state index < -0.39 is 0 Å². The smallest absolute Gasteiger partial charge is 0.155 e. The van der Waals surface area contributed by atoms with Crippen molar-refractivity contribution in [3.63, 3.8) is 0 Å². The zero-order chi connectivity index (χ0) is 11.0. The molecule has 0 radical (unpaired) electrons. The molecule has 3 aromatic heterocycles. The lowest BCUT2D eigenvalue weighted by molar-refractivity contribution is 1.10. The van der Waals surface area contributed by atoms with Crippen LogP contribution >= 0.6 is 15.9 Å². The van der Waals surface area contributed by atoms with Crippen LogP contribution in [0.1, 0.15) is 0 Å². The molecular weight excluding hydrogens is 268 g/mol. The van der Waals surface area contributed by atoms with Crippen LogP contribution in [0.4, 0.5) is 0 Å². The molecule has 0 amide bonds. The van der Waals surface area contributed by atoms with Gasteiger partial charge in [0, 0.05) is 24.2 Å². The van der Waals surface area contributed by atoms with Crippen LogP contribution in [0.25, 0.3) is 16.9 Å². The number of hydrogen-bond donors (Lipinski definition) is 0. The molecule has 3 rings (SSSR count). The Morgan fingerprint density at radius 3 is 2.88 bits per heavy atom. The molecule has 5 heteroatoms. The fourth-order valence-electron chi connectivity index (χ4n) is 1.59. The molecule has 0 aliphatic carbocycles. The van der Waals surface area contributed by atoms with E-state index >= 15 is 0 Å². The molecule has 3 heterocycles. The first kappa shape index (κ1) is 9.47. The molecule has 0 unspecified atom stereocenters. The molecule has 0 atom stereocenters. The van der Waals surface area contributed by atoms with E-state index in [0.29, 0.717) is 0 Å². The minimum atomic E-state index is 0.781. The van der Waals surface area contributed by atoms with Crippen molar-refractivity contribution < 1.29 is 0 Å². The van der Waals surface area contributed by atoms with Crippen LogP contribution in [0, 0.1) is 0 Å². The quantitative estimate of drug-likeness (QED) is 0.685. The number of rotatable bonds is 1. The van der Waals surface area contributed by atoms with E-state index in [1.54, 1.807) is 12.4 Å². The average Bonchev–Trinajstić information content (AvgIpc) is 2.73. The lowest BCUT2D eigenvalue weighted by atomic mass is 10.2. The molecule has 4 nitrogen and oxygen atoms in total. The monoisotopic (exact) mass is 274 g/mol. The Bertz CT molecular complexity index is 633. The van der Waals surface area contributed by atoms with Gasteiger partial charge in [0.05, 0.1) is 18.1 Å². The molecule has 0 N–H and O–H groups in total. The Morgan fingerprint density at radius 2 is 2.06 bits per heavy atom. The summed E-state index contributed by atoms with van der Waals surface area (Å²) in [5.41, 5.74) is 2.86. The summed E-state index contributed by atoms with van der Waals surface area (Å²) in [6, 6.07) is 3.91. The van der Waals surface area contributed by atoms with E-state index in [4.69, 9.17) is 0 Å². The van der Waals surface area contributed by atoms with Gasteiger partial charge in [0.1, 0.15) is 4.60 Å². The van der Waals surface area contributed by atoms with Gasteiger partial charge in [-0.2, -0.15) is 0 Å². The number of imidazole rings is 1. The van der Waals surface area contributed by atoms with Gasteiger partial charge in [-0.1, -0.05) is 0 Å². The Hall–Kier alpha value is -1.75. The van der Waals surface area contributed by atoms with Gasteiger partial charge in [0.25, 0.3) is 0 Å². The molecule has 0 aromatic carbocycles. The van der Waals surface area contributed by atoms with Crippen molar-refractivity contribution in [1.82, 2.24) is 19.4 Å². The minimum absolute atomic E-state index is 0.781. The van der Waals surface area contributed by atoms with Crippen LogP contribution in [0.5, 0.6) is 0 Å². The van der Waals surface area contributed by atoms with Crippen molar-refractivity contribution in [2.75, 3.05) is 0 Å². The average molecular weight is 275 g/mol. The SMILES string of the molecule is Brc1cn2c(-c3cccnc3)cnc2cn1. The molecule has 0 saturated carbocycles. The lowest BCUT2D eigenvalue weighted by Crippen LogP contribution is -1.90. The summed E-state index contributed by atoms with van der Waals surface area (Å²) in [7, 11) is 0. The molecule has 0 saturated heterocycles. The van der Waals surface area contributed by atoms with Crippen molar-refractivity contribution in [1.29, 1.82) is 0 Å². The fraction of sp³-hybridized carbons (Fsp3) is 0. The number of pyridine rings is 1. The zero-order valence-electron chi connectivity index (χ0n) is 8.21. The maximum Gasteiger partial charge on any atom is 0.155 e. The van der Waals surface area contributed by atoms with Crippen molar-refractivity contribution in [2.24, 2.45) is 0 Å². The van der Waals surface area contributed by atoms with Crippen LogP contribution in [-0.2, 0) is 0 Å². The van der Waals surface area contributed by atoms with Gasteiger partial charge in [-0.25, -0.2) is 9.97 Å². The van der Waals surface area contributed by atoms with Crippen LogP contribution in [0.3, 0.4) is 0 Å². The summed E-state index contributed by atoms with van der Waals surface area (Å²) in [5, 5.41) is 0. The molecule has 0 aliphatic rings. The van der Waals surface area contributed by atoms with Gasteiger partial charge in [-0.3, -0.25) is 9.38 Å². The standard InChI is InChI=1S/C11H7BrN4/c12-10-7-16-9(5-15-11(16)6-14-10)8-2-1-3-13-4-8/h1-7H. The molecule has 0 aliphatic heterocycles. The van der Waals surface area contributed by atoms with E-state index in [9.17, 15) is 0 Å². The van der Waals surface area contributed by atoms with Gasteiger partial charge < -0.3 is 0 Å². The first-order chi connectivity index (χ1) is 7.84. The highest BCUT2D eigenvalue weighted by atomic mass is 79.9. The highest BCUT2D eigenvalue weighted by Gasteiger charge is 2.05.